The van der Waals surface area contributed by atoms with Crippen LogP contribution in [-0.2, 0) is 0 Å². The van der Waals surface area contributed by atoms with Gasteiger partial charge in [-0.25, -0.2) is 0 Å². The largest absolute Gasteiger partial charge is 0.0620 e. The van der Waals surface area contributed by atoms with Crippen LogP contribution in [0.3, 0.4) is 0 Å². The van der Waals surface area contributed by atoms with Crippen molar-refractivity contribution in [3.8, 4) is 0 Å². The molecule has 0 nitrogen and oxygen atoms in total. The van der Waals surface area contributed by atoms with Crippen LogP contribution in [0, 0.1) is 98.5 Å². The predicted octanol–water partition coefficient (Wildman–Crippen LogP) is 25.7. The zero-order valence-corrected chi connectivity index (χ0v) is 58.2. The van der Waals surface area contributed by atoms with Crippen LogP contribution in [0.2, 0.25) is 0 Å². The second kappa shape index (κ2) is 25.4. The summed E-state index contributed by atoms with van der Waals surface area (Å²) in [6.45, 7) is 98.5. The Hall–Kier alpha value is 0. The van der Waals surface area contributed by atoms with E-state index in [0.29, 0.717) is 86.6 Å². The summed E-state index contributed by atoms with van der Waals surface area (Å²) in [5.74, 6) is 1.62. The van der Waals surface area contributed by atoms with Crippen molar-refractivity contribution in [2.75, 3.05) is 0 Å². The summed E-state index contributed by atoms with van der Waals surface area (Å²) in [6, 6.07) is 0. The van der Waals surface area contributed by atoms with Crippen molar-refractivity contribution in [3.63, 3.8) is 0 Å². The molecule has 2 aliphatic rings. The van der Waals surface area contributed by atoms with Gasteiger partial charge < -0.3 is 0 Å². The van der Waals surface area contributed by atoms with Crippen LogP contribution in [0.1, 0.15) is 355 Å². The van der Waals surface area contributed by atoms with Gasteiger partial charge in [-0.1, -0.05) is 291 Å². The van der Waals surface area contributed by atoms with Crippen molar-refractivity contribution >= 4 is 0 Å². The summed E-state index contributed by atoms with van der Waals surface area (Å²) in [7, 11) is 0. The van der Waals surface area contributed by atoms with E-state index < -0.39 is 0 Å². The fourth-order valence-corrected chi connectivity index (χ4v) is 10.3. The highest BCUT2D eigenvalue weighted by molar-refractivity contribution is 5.04. The fraction of sp³-hybridized carbons (Fsp3) is 1.00. The van der Waals surface area contributed by atoms with Gasteiger partial charge in [0.1, 0.15) is 0 Å². The lowest BCUT2D eigenvalue weighted by Crippen LogP contribution is -2.33. The highest BCUT2D eigenvalue weighted by Gasteiger charge is 2.54. The normalized spacial score (nSPS) is 18.1. The third kappa shape index (κ3) is 36.1. The molecule has 2 atom stereocenters. The molecule has 428 valence electrons. The van der Waals surface area contributed by atoms with Crippen molar-refractivity contribution in [2.45, 2.75) is 355 Å². The van der Waals surface area contributed by atoms with Crippen LogP contribution < -0.4 is 0 Å². The van der Waals surface area contributed by atoms with E-state index in [9.17, 15) is 0 Å². The molecule has 2 fully saturated rings. The van der Waals surface area contributed by atoms with Crippen LogP contribution in [-0.4, -0.2) is 0 Å². The standard InChI is InChI=1S/2C12H24.2C12H26.2C11H24/c2*1-10(2,3)9-12(7-8-12)11(4,5)6;2*1-10(2,3)9-12(7,8)11(4,5)6;2*1-9(11(5,6)7)8-10(2,3)4/h2*7-9H2,1-6H3;2*9H2,1-8H3;2*9H,8H2,1-7H3. The molecular formula is C70H148. The molecule has 70 heavy (non-hydrogen) atoms. The molecule has 0 N–H and O–H groups in total. The van der Waals surface area contributed by atoms with Gasteiger partial charge in [-0.15, -0.1) is 0 Å². The maximum Gasteiger partial charge on any atom is -0.0243 e. The van der Waals surface area contributed by atoms with Gasteiger partial charge in [-0.05, 0) is 163 Å². The highest BCUT2D eigenvalue weighted by Crippen LogP contribution is 2.64. The van der Waals surface area contributed by atoms with Crippen LogP contribution in [0.25, 0.3) is 0 Å². The quantitative estimate of drug-likeness (QED) is 0.249. The lowest BCUT2D eigenvalue weighted by atomic mass is 9.62. The van der Waals surface area contributed by atoms with Gasteiger partial charge >= 0.3 is 0 Å². The molecule has 0 amide bonds. The van der Waals surface area contributed by atoms with Crippen molar-refractivity contribution in [3.05, 3.63) is 0 Å². The SMILES string of the molecule is CC(C)(C)CC(C)(C)C(C)(C)C.CC(C)(C)CC(C)(C)C(C)(C)C.CC(C)(C)CC1(C(C)(C)C)CC1.CC(C)(C)CC1(C(C)(C)C)CC1.CC(CC(C)(C)C)C(C)(C)C.CC(CC(C)(C)C)C(C)(C)C. The minimum absolute atomic E-state index is 0.403. The van der Waals surface area contributed by atoms with Gasteiger partial charge in [0.25, 0.3) is 0 Å². The van der Waals surface area contributed by atoms with Gasteiger partial charge in [-0.3, -0.25) is 0 Å². The van der Waals surface area contributed by atoms with E-state index in [-0.39, 0.29) is 0 Å². The van der Waals surface area contributed by atoms with Crippen LogP contribution >= 0.6 is 0 Å². The molecule has 0 radical (unpaired) electrons. The van der Waals surface area contributed by atoms with Gasteiger partial charge in [0.15, 0.2) is 0 Å². The predicted molar refractivity (Wildman–Crippen MR) is 330 cm³/mol. The van der Waals surface area contributed by atoms with Crippen LogP contribution in [0.4, 0.5) is 0 Å². The Labute approximate surface area is 451 Å². The zero-order chi connectivity index (χ0) is 58.2. The summed E-state index contributed by atoms with van der Waals surface area (Å²) in [5.41, 5.74) is 7.80. The smallest absolute Gasteiger partial charge is 0.0243 e. The Bertz CT molecular complexity index is 1220. The first-order valence-electron chi connectivity index (χ1n) is 29.5. The van der Waals surface area contributed by atoms with Gasteiger partial charge in [0.2, 0.25) is 0 Å². The number of hydrogen-bond donors (Lipinski definition) is 0. The molecule has 0 aromatic carbocycles. The average molecular weight is 990 g/mol. The maximum atomic E-state index is 2.39. The molecule has 0 aromatic rings. The van der Waals surface area contributed by atoms with Crippen molar-refractivity contribution in [1.82, 2.24) is 0 Å². The monoisotopic (exact) mass is 989 g/mol. The average Bonchev–Trinajstić information content (AvgIpc) is 3.88. The Morgan fingerprint density at radius 1 is 0.271 bits per heavy atom. The van der Waals surface area contributed by atoms with E-state index in [1.807, 2.05) is 0 Å². The van der Waals surface area contributed by atoms with Crippen molar-refractivity contribution < 1.29 is 0 Å². The minimum Gasteiger partial charge on any atom is -0.0620 e. The lowest BCUT2D eigenvalue weighted by Gasteiger charge is -2.43. The second-order valence-corrected chi connectivity index (χ2v) is 39.3. The van der Waals surface area contributed by atoms with Crippen LogP contribution in [0.5, 0.6) is 0 Å². The van der Waals surface area contributed by atoms with Gasteiger partial charge in [-0.2, -0.15) is 0 Å². The molecule has 0 heteroatoms. The molecular weight excluding hydrogens is 841 g/mol. The van der Waals surface area contributed by atoms with E-state index in [1.54, 1.807) is 0 Å². The molecule has 0 bridgehead atoms. The van der Waals surface area contributed by atoms with E-state index in [1.165, 1.54) is 64.2 Å². The summed E-state index contributed by atoms with van der Waals surface area (Å²) in [6.07, 6.45) is 13.8. The Morgan fingerprint density at radius 3 is 0.500 bits per heavy atom. The third-order valence-corrected chi connectivity index (χ3v) is 17.4. The summed E-state index contributed by atoms with van der Waals surface area (Å²) >= 11 is 0. The van der Waals surface area contributed by atoms with Crippen molar-refractivity contribution in [1.29, 1.82) is 0 Å². The highest BCUT2D eigenvalue weighted by atomic mass is 14.6. The van der Waals surface area contributed by atoms with E-state index >= 15 is 0 Å². The maximum absolute atomic E-state index is 2.39. The third-order valence-electron chi connectivity index (χ3n) is 17.4. The summed E-state index contributed by atoms with van der Waals surface area (Å²) < 4.78 is 0. The first-order chi connectivity index (χ1) is 29.5. The summed E-state index contributed by atoms with van der Waals surface area (Å²) in [4.78, 5) is 0. The van der Waals surface area contributed by atoms with Gasteiger partial charge in [0.05, 0.1) is 0 Å². The van der Waals surface area contributed by atoms with Gasteiger partial charge in [0, 0.05) is 0 Å². The lowest BCUT2D eigenvalue weighted by molar-refractivity contribution is 0.0743. The van der Waals surface area contributed by atoms with Crippen LogP contribution in [0.15, 0.2) is 0 Å². The molecule has 0 aromatic heterocycles. The molecule has 2 aliphatic carbocycles. The Balaban J connectivity index is -0.000000374. The first-order valence-corrected chi connectivity index (χ1v) is 29.5. The van der Waals surface area contributed by atoms with E-state index in [2.05, 4.69) is 291 Å². The second-order valence-electron chi connectivity index (χ2n) is 39.3. The molecule has 2 rings (SSSR count). The number of rotatable bonds is 6. The number of hydrogen-bond acceptors (Lipinski definition) is 0. The van der Waals surface area contributed by atoms with Crippen molar-refractivity contribution in [2.24, 2.45) is 98.5 Å². The molecule has 0 aliphatic heterocycles. The molecule has 0 spiro atoms. The first kappa shape index (κ1) is 76.5. The topological polar surface area (TPSA) is 0 Å². The van der Waals surface area contributed by atoms with E-state index in [4.69, 9.17) is 0 Å². The molecule has 2 unspecified atom stereocenters. The zero-order valence-electron chi connectivity index (χ0n) is 58.2. The minimum atomic E-state index is 0.403. The Kier molecular flexibility index (Phi) is 27.8. The fourth-order valence-electron chi connectivity index (χ4n) is 10.3. The molecule has 2 saturated carbocycles. The summed E-state index contributed by atoms with van der Waals surface area (Å²) in [5, 5.41) is 0. The molecule has 0 heterocycles. The Morgan fingerprint density at radius 2 is 0.457 bits per heavy atom. The van der Waals surface area contributed by atoms with E-state index in [0.717, 1.165) is 11.8 Å². The molecule has 0 saturated heterocycles.